The predicted molar refractivity (Wildman–Crippen MR) is 106 cm³/mol. The van der Waals surface area contributed by atoms with Gasteiger partial charge in [-0.1, -0.05) is 30.3 Å². The molecule has 148 valence electrons. The van der Waals surface area contributed by atoms with Gasteiger partial charge >= 0.3 is 0 Å². The lowest BCUT2D eigenvalue weighted by Crippen LogP contribution is -2.22. The molecule has 2 amide bonds. The summed E-state index contributed by atoms with van der Waals surface area (Å²) in [5.41, 5.74) is 0.993. The van der Waals surface area contributed by atoms with E-state index in [1.807, 2.05) is 0 Å². The van der Waals surface area contributed by atoms with Crippen LogP contribution in [0.25, 0.3) is 0 Å². The molecule has 0 radical (unpaired) electrons. The van der Waals surface area contributed by atoms with Crippen molar-refractivity contribution in [3.05, 3.63) is 89.5 Å². The van der Waals surface area contributed by atoms with Crippen LogP contribution in [0.2, 0.25) is 0 Å². The molecule has 29 heavy (non-hydrogen) atoms. The molecule has 0 atom stereocenters. The molecule has 0 aliphatic heterocycles. The van der Waals surface area contributed by atoms with E-state index in [0.29, 0.717) is 0 Å². The smallest absolute Gasteiger partial charge is 0.262 e. The number of carbonyl (C=O) groups is 2. The van der Waals surface area contributed by atoms with Gasteiger partial charge in [-0.2, -0.15) is 0 Å². The second kappa shape index (κ2) is 8.97. The molecule has 3 aromatic carbocycles. The van der Waals surface area contributed by atoms with Crippen molar-refractivity contribution in [3.8, 4) is 5.75 Å². The predicted octanol–water partition coefficient (Wildman–Crippen LogP) is 4.54. The van der Waals surface area contributed by atoms with E-state index in [4.69, 9.17) is 4.74 Å². The van der Waals surface area contributed by atoms with E-state index < -0.39 is 30.1 Å². The molecular weight excluding hydrogens is 378 g/mol. The van der Waals surface area contributed by atoms with Crippen LogP contribution in [0.4, 0.5) is 20.2 Å². The number of nitrogens with one attached hydrogen (secondary N) is 2. The van der Waals surface area contributed by atoms with Gasteiger partial charge in [0, 0.05) is 0 Å². The van der Waals surface area contributed by atoms with Gasteiger partial charge in [-0.3, -0.25) is 9.59 Å². The zero-order chi connectivity index (χ0) is 20.8. The number of benzene rings is 3. The third-order valence-corrected chi connectivity index (χ3v) is 4.01. The fourth-order valence-electron chi connectivity index (χ4n) is 2.60. The summed E-state index contributed by atoms with van der Waals surface area (Å²) in [5.74, 6) is -2.16. The number of halogens is 2. The van der Waals surface area contributed by atoms with Gasteiger partial charge in [0.25, 0.3) is 11.8 Å². The van der Waals surface area contributed by atoms with E-state index in [9.17, 15) is 18.4 Å². The molecule has 0 bridgehead atoms. The van der Waals surface area contributed by atoms with E-state index >= 15 is 0 Å². The number of amides is 2. The van der Waals surface area contributed by atoms with Crippen molar-refractivity contribution in [3.63, 3.8) is 0 Å². The summed E-state index contributed by atoms with van der Waals surface area (Å²) in [6, 6.07) is 16.4. The van der Waals surface area contributed by atoms with Gasteiger partial charge in [-0.25, -0.2) is 8.78 Å². The minimum atomic E-state index is -0.588. The van der Waals surface area contributed by atoms with Crippen LogP contribution < -0.4 is 15.4 Å². The maximum atomic E-state index is 13.9. The average molecular weight is 396 g/mol. The van der Waals surface area contributed by atoms with Crippen LogP contribution in [-0.4, -0.2) is 18.4 Å². The molecule has 0 heterocycles. The van der Waals surface area contributed by atoms with E-state index in [2.05, 4.69) is 10.6 Å². The van der Waals surface area contributed by atoms with Crippen molar-refractivity contribution in [2.75, 3.05) is 17.2 Å². The van der Waals surface area contributed by atoms with Gasteiger partial charge in [-0.05, 0) is 48.9 Å². The van der Waals surface area contributed by atoms with E-state index in [1.54, 1.807) is 31.2 Å². The first-order chi connectivity index (χ1) is 13.9. The van der Waals surface area contributed by atoms with E-state index in [1.165, 1.54) is 42.5 Å². The Labute approximate surface area is 166 Å². The lowest BCUT2D eigenvalue weighted by molar-refractivity contribution is -0.118. The van der Waals surface area contributed by atoms with Gasteiger partial charge in [0.15, 0.2) is 6.61 Å². The quantitative estimate of drug-likeness (QED) is 0.643. The van der Waals surface area contributed by atoms with Gasteiger partial charge in [0.05, 0.1) is 16.9 Å². The molecule has 3 rings (SSSR count). The molecule has 0 unspecified atom stereocenters. The third-order valence-electron chi connectivity index (χ3n) is 4.01. The third kappa shape index (κ3) is 5.16. The molecule has 3 aromatic rings. The normalized spacial score (nSPS) is 10.3. The van der Waals surface area contributed by atoms with Crippen LogP contribution in [0.1, 0.15) is 15.9 Å². The summed E-state index contributed by atoms with van der Waals surface area (Å²) in [7, 11) is 0. The Morgan fingerprint density at radius 3 is 2.34 bits per heavy atom. The topological polar surface area (TPSA) is 67.4 Å². The number of rotatable bonds is 6. The van der Waals surface area contributed by atoms with Gasteiger partial charge in [0.1, 0.15) is 17.4 Å². The zero-order valence-electron chi connectivity index (χ0n) is 15.5. The van der Waals surface area contributed by atoms with Crippen molar-refractivity contribution in [2.45, 2.75) is 6.92 Å². The van der Waals surface area contributed by atoms with Crippen molar-refractivity contribution >= 4 is 23.2 Å². The molecule has 0 aliphatic rings. The van der Waals surface area contributed by atoms with E-state index in [0.717, 1.165) is 5.56 Å². The summed E-state index contributed by atoms with van der Waals surface area (Å²) in [4.78, 5) is 24.6. The second-order valence-corrected chi connectivity index (χ2v) is 6.25. The number of carbonyl (C=O) groups excluding carboxylic acids is 2. The molecule has 0 aromatic heterocycles. The first-order valence-electron chi connectivity index (χ1n) is 8.78. The Balaban J connectivity index is 1.68. The molecule has 0 saturated heterocycles. The van der Waals surface area contributed by atoms with Gasteiger partial charge in [0.2, 0.25) is 0 Å². The highest BCUT2D eigenvalue weighted by Gasteiger charge is 2.16. The Hall–Kier alpha value is -3.74. The first kappa shape index (κ1) is 20.0. The SMILES string of the molecule is Cc1ccc(F)c(NC(=O)c2ccccc2OCC(=O)Nc2ccccc2F)c1. The standard InChI is InChI=1S/C22H18F2N2O3/c1-14-10-11-17(24)19(12-14)26-22(28)15-6-2-5-9-20(15)29-13-21(27)25-18-8-4-3-7-16(18)23/h2-12H,13H2,1H3,(H,25,27)(H,26,28). The minimum absolute atomic E-state index is 0.0297. The Kier molecular flexibility index (Phi) is 6.19. The summed E-state index contributed by atoms with van der Waals surface area (Å²) in [6.07, 6.45) is 0. The Morgan fingerprint density at radius 2 is 1.55 bits per heavy atom. The largest absolute Gasteiger partial charge is 0.483 e. The number of hydrogen-bond acceptors (Lipinski definition) is 3. The molecule has 0 aliphatic carbocycles. The lowest BCUT2D eigenvalue weighted by atomic mass is 10.1. The highest BCUT2D eigenvalue weighted by molar-refractivity contribution is 6.06. The molecule has 7 heteroatoms. The molecule has 0 fully saturated rings. The van der Waals surface area contributed by atoms with Crippen LogP contribution in [0.5, 0.6) is 5.75 Å². The molecule has 0 spiro atoms. The Bertz CT molecular complexity index is 1050. The van der Waals surface area contributed by atoms with Crippen LogP contribution >= 0.6 is 0 Å². The van der Waals surface area contributed by atoms with Crippen LogP contribution in [0.3, 0.4) is 0 Å². The van der Waals surface area contributed by atoms with Gasteiger partial charge in [-0.15, -0.1) is 0 Å². The van der Waals surface area contributed by atoms with Crippen LogP contribution in [-0.2, 0) is 4.79 Å². The highest BCUT2D eigenvalue weighted by atomic mass is 19.1. The minimum Gasteiger partial charge on any atom is -0.483 e. The molecule has 2 N–H and O–H groups in total. The van der Waals surface area contributed by atoms with Crippen LogP contribution in [0, 0.1) is 18.6 Å². The summed E-state index contributed by atoms with van der Waals surface area (Å²) >= 11 is 0. The van der Waals surface area contributed by atoms with Crippen molar-refractivity contribution in [1.82, 2.24) is 0 Å². The number of hydrogen-bond donors (Lipinski definition) is 2. The average Bonchev–Trinajstić information content (AvgIpc) is 2.71. The van der Waals surface area contributed by atoms with Crippen LogP contribution in [0.15, 0.2) is 66.7 Å². The lowest BCUT2D eigenvalue weighted by Gasteiger charge is -2.12. The highest BCUT2D eigenvalue weighted by Crippen LogP contribution is 2.22. The van der Waals surface area contributed by atoms with Crippen molar-refractivity contribution in [2.24, 2.45) is 0 Å². The maximum Gasteiger partial charge on any atom is 0.262 e. The summed E-state index contributed by atoms with van der Waals surface area (Å²) in [6.45, 7) is 1.35. The molecule has 5 nitrogen and oxygen atoms in total. The van der Waals surface area contributed by atoms with E-state index in [-0.39, 0.29) is 22.7 Å². The van der Waals surface area contributed by atoms with Gasteiger partial charge < -0.3 is 15.4 Å². The number of para-hydroxylation sites is 2. The summed E-state index contributed by atoms with van der Waals surface area (Å²) < 4.78 is 33.0. The first-order valence-corrected chi connectivity index (χ1v) is 8.78. The zero-order valence-corrected chi connectivity index (χ0v) is 15.5. The number of anilines is 2. The summed E-state index contributed by atoms with van der Waals surface area (Å²) in [5, 5.41) is 4.89. The Morgan fingerprint density at radius 1 is 0.862 bits per heavy atom. The number of aryl methyl sites for hydroxylation is 1. The molecular formula is C22H18F2N2O3. The van der Waals surface area contributed by atoms with Crippen molar-refractivity contribution in [1.29, 1.82) is 0 Å². The fraction of sp³-hybridized carbons (Fsp3) is 0.0909. The van der Waals surface area contributed by atoms with Crippen molar-refractivity contribution < 1.29 is 23.1 Å². The molecule has 0 saturated carbocycles. The maximum absolute atomic E-state index is 13.9. The fourth-order valence-corrected chi connectivity index (χ4v) is 2.60. The second-order valence-electron chi connectivity index (χ2n) is 6.25. The number of ether oxygens (including phenoxy) is 1. The monoisotopic (exact) mass is 396 g/mol.